The van der Waals surface area contributed by atoms with Gasteiger partial charge < -0.3 is 5.11 Å². The number of allylic oxidation sites excluding steroid dienone is 1. The van der Waals surface area contributed by atoms with Crippen LogP contribution < -0.4 is 0 Å². The van der Waals surface area contributed by atoms with Crippen LogP contribution in [0.4, 0.5) is 0 Å². The summed E-state index contributed by atoms with van der Waals surface area (Å²) in [5.41, 5.74) is 1.67. The third-order valence-corrected chi connectivity index (χ3v) is 3.32. The van der Waals surface area contributed by atoms with E-state index < -0.39 is 6.10 Å². The van der Waals surface area contributed by atoms with Gasteiger partial charge >= 0.3 is 0 Å². The van der Waals surface area contributed by atoms with Gasteiger partial charge in [0.15, 0.2) is 0 Å². The lowest BCUT2D eigenvalue weighted by Crippen LogP contribution is -2.02. The average Bonchev–Trinajstić information content (AvgIpc) is 2.46. The van der Waals surface area contributed by atoms with Gasteiger partial charge in [-0.25, -0.2) is 0 Å². The van der Waals surface area contributed by atoms with Crippen molar-refractivity contribution in [3.63, 3.8) is 0 Å². The topological polar surface area (TPSA) is 37.3 Å². The maximum atomic E-state index is 10.7. The van der Waals surface area contributed by atoms with E-state index in [1.54, 1.807) is 0 Å². The third-order valence-electron chi connectivity index (χ3n) is 3.32. The van der Waals surface area contributed by atoms with Gasteiger partial charge in [-0.05, 0) is 30.1 Å². The smallest absolute Gasteiger partial charge is 0.142 e. The number of benzene rings is 1. The van der Waals surface area contributed by atoms with E-state index in [1.165, 1.54) is 25.3 Å². The molecule has 0 amide bonds. The van der Waals surface area contributed by atoms with Crippen molar-refractivity contribution in [3.8, 4) is 0 Å². The second-order valence-corrected chi connectivity index (χ2v) is 4.86. The Hall–Kier alpha value is -1.41. The Bertz CT molecular complexity index is 382. The molecule has 2 heteroatoms. The Kier molecular flexibility index (Phi) is 7.83. The molecule has 0 bridgehead atoms. The van der Waals surface area contributed by atoms with E-state index >= 15 is 0 Å². The molecule has 19 heavy (non-hydrogen) atoms. The summed E-state index contributed by atoms with van der Waals surface area (Å²) in [6.07, 6.45) is 8.32. The highest BCUT2D eigenvalue weighted by atomic mass is 16.3. The van der Waals surface area contributed by atoms with Crippen LogP contribution in [0.2, 0.25) is 0 Å². The maximum Gasteiger partial charge on any atom is 0.142 e. The van der Waals surface area contributed by atoms with Crippen LogP contribution in [-0.4, -0.2) is 11.4 Å². The summed E-state index contributed by atoms with van der Waals surface area (Å²) in [6, 6.07) is 9.50. The number of carbonyl (C=O) groups is 1. The van der Waals surface area contributed by atoms with Crippen LogP contribution in [0.15, 0.2) is 42.0 Å². The number of aliphatic hydroxyl groups is 1. The van der Waals surface area contributed by atoms with Crippen molar-refractivity contribution in [2.24, 2.45) is 0 Å². The highest BCUT2D eigenvalue weighted by Crippen LogP contribution is 2.25. The molecule has 0 spiro atoms. The standard InChI is InChI=1S/C17H24O2/c1-2-3-4-5-7-12-16(13-14-18)17(19)15-10-8-6-9-11-15/h6,8-11,13-14,17,19H,2-5,7,12H2,1H3/b16-13-. The van der Waals surface area contributed by atoms with Crippen LogP contribution in [0.3, 0.4) is 0 Å². The number of aldehydes is 1. The first-order chi connectivity index (χ1) is 9.29. The van der Waals surface area contributed by atoms with E-state index in [0.717, 1.165) is 36.7 Å². The lowest BCUT2D eigenvalue weighted by Gasteiger charge is -2.15. The molecule has 0 aliphatic rings. The number of aliphatic hydroxyl groups excluding tert-OH is 1. The molecular weight excluding hydrogens is 236 g/mol. The first-order valence-corrected chi connectivity index (χ1v) is 7.16. The van der Waals surface area contributed by atoms with E-state index in [2.05, 4.69) is 6.92 Å². The molecule has 0 aromatic heterocycles. The minimum Gasteiger partial charge on any atom is -0.384 e. The van der Waals surface area contributed by atoms with E-state index in [9.17, 15) is 9.90 Å². The minimum absolute atomic E-state index is 0.655. The molecule has 1 unspecified atom stereocenters. The predicted octanol–water partition coefficient (Wildman–Crippen LogP) is 4.21. The molecule has 0 saturated heterocycles. The summed E-state index contributed by atoms with van der Waals surface area (Å²) in [7, 11) is 0. The molecule has 0 fully saturated rings. The van der Waals surface area contributed by atoms with Crippen LogP contribution in [-0.2, 0) is 4.79 Å². The van der Waals surface area contributed by atoms with Crippen molar-refractivity contribution in [1.29, 1.82) is 0 Å². The van der Waals surface area contributed by atoms with Gasteiger partial charge in [0.05, 0.1) is 0 Å². The number of carbonyl (C=O) groups excluding carboxylic acids is 1. The van der Waals surface area contributed by atoms with E-state index in [-0.39, 0.29) is 0 Å². The molecular formula is C17H24O2. The summed E-state index contributed by atoms with van der Waals surface area (Å²) < 4.78 is 0. The Morgan fingerprint density at radius 2 is 1.84 bits per heavy atom. The summed E-state index contributed by atoms with van der Waals surface area (Å²) in [5, 5.41) is 10.3. The fraction of sp³-hybridized carbons (Fsp3) is 0.471. The fourth-order valence-corrected chi connectivity index (χ4v) is 2.18. The zero-order chi connectivity index (χ0) is 13.9. The van der Waals surface area contributed by atoms with Crippen molar-refractivity contribution in [1.82, 2.24) is 0 Å². The first kappa shape index (κ1) is 15.6. The van der Waals surface area contributed by atoms with Gasteiger partial charge in [-0.15, -0.1) is 0 Å². The van der Waals surface area contributed by atoms with Gasteiger partial charge in [0, 0.05) is 0 Å². The van der Waals surface area contributed by atoms with Crippen molar-refractivity contribution in [2.45, 2.75) is 51.6 Å². The largest absolute Gasteiger partial charge is 0.384 e. The summed E-state index contributed by atoms with van der Waals surface area (Å²) in [6.45, 7) is 2.19. The van der Waals surface area contributed by atoms with Crippen molar-refractivity contribution >= 4 is 6.29 Å². The quantitative estimate of drug-likeness (QED) is 0.410. The van der Waals surface area contributed by atoms with E-state index in [0.29, 0.717) is 0 Å². The van der Waals surface area contributed by atoms with Gasteiger partial charge in [-0.1, -0.05) is 62.9 Å². The monoisotopic (exact) mass is 260 g/mol. The lowest BCUT2D eigenvalue weighted by molar-refractivity contribution is -0.104. The molecule has 0 heterocycles. The fourth-order valence-electron chi connectivity index (χ4n) is 2.18. The Morgan fingerprint density at radius 3 is 2.47 bits per heavy atom. The van der Waals surface area contributed by atoms with Gasteiger partial charge in [0.1, 0.15) is 12.4 Å². The maximum absolute atomic E-state index is 10.7. The van der Waals surface area contributed by atoms with Gasteiger partial charge in [0.25, 0.3) is 0 Å². The Balaban J connectivity index is 2.53. The first-order valence-electron chi connectivity index (χ1n) is 7.16. The molecule has 2 nitrogen and oxygen atoms in total. The molecule has 1 aromatic rings. The normalized spacial score (nSPS) is 13.3. The number of rotatable bonds is 9. The molecule has 1 rings (SSSR count). The van der Waals surface area contributed by atoms with Gasteiger partial charge in [0.2, 0.25) is 0 Å². The van der Waals surface area contributed by atoms with Crippen LogP contribution in [0.25, 0.3) is 0 Å². The molecule has 0 saturated carbocycles. The van der Waals surface area contributed by atoms with Crippen LogP contribution in [0.5, 0.6) is 0 Å². The summed E-state index contributed by atoms with van der Waals surface area (Å²) in [5.74, 6) is 0. The van der Waals surface area contributed by atoms with E-state index in [1.807, 2.05) is 30.3 Å². The van der Waals surface area contributed by atoms with Crippen LogP contribution >= 0.6 is 0 Å². The molecule has 1 N–H and O–H groups in total. The Morgan fingerprint density at radius 1 is 1.16 bits per heavy atom. The summed E-state index contributed by atoms with van der Waals surface area (Å²) >= 11 is 0. The number of hydrogen-bond donors (Lipinski definition) is 1. The number of hydrogen-bond acceptors (Lipinski definition) is 2. The van der Waals surface area contributed by atoms with Gasteiger partial charge in [-0.3, -0.25) is 4.79 Å². The molecule has 1 atom stereocenters. The number of unbranched alkanes of at least 4 members (excludes halogenated alkanes) is 4. The van der Waals surface area contributed by atoms with Crippen LogP contribution in [0, 0.1) is 0 Å². The molecule has 0 aliphatic carbocycles. The second-order valence-electron chi connectivity index (χ2n) is 4.86. The van der Waals surface area contributed by atoms with Crippen molar-refractivity contribution in [2.75, 3.05) is 0 Å². The zero-order valence-electron chi connectivity index (χ0n) is 11.7. The predicted molar refractivity (Wildman–Crippen MR) is 78.9 cm³/mol. The highest BCUT2D eigenvalue weighted by Gasteiger charge is 2.12. The van der Waals surface area contributed by atoms with Crippen molar-refractivity contribution < 1.29 is 9.90 Å². The molecule has 1 aromatic carbocycles. The SMILES string of the molecule is CCCCCCC/C(=C/C=O)C(O)c1ccccc1. The Labute approximate surface area is 116 Å². The molecule has 104 valence electrons. The molecule has 0 aliphatic heterocycles. The average molecular weight is 260 g/mol. The van der Waals surface area contributed by atoms with Gasteiger partial charge in [-0.2, -0.15) is 0 Å². The second kappa shape index (κ2) is 9.51. The highest BCUT2D eigenvalue weighted by molar-refractivity contribution is 5.66. The lowest BCUT2D eigenvalue weighted by atomic mass is 9.96. The third kappa shape index (κ3) is 5.84. The van der Waals surface area contributed by atoms with Crippen molar-refractivity contribution in [3.05, 3.63) is 47.5 Å². The van der Waals surface area contributed by atoms with Crippen LogP contribution in [0.1, 0.15) is 57.1 Å². The summed E-state index contributed by atoms with van der Waals surface area (Å²) in [4.78, 5) is 10.7. The van der Waals surface area contributed by atoms with E-state index in [4.69, 9.17) is 0 Å². The zero-order valence-corrected chi connectivity index (χ0v) is 11.7. The molecule has 0 radical (unpaired) electrons. The minimum atomic E-state index is -0.655.